The number of aromatic nitrogens is 1. The van der Waals surface area contributed by atoms with E-state index in [1.165, 1.54) is 6.42 Å². The molecule has 3 nitrogen and oxygen atoms in total. The molecule has 0 saturated heterocycles. The molecule has 1 heterocycles. The lowest BCUT2D eigenvalue weighted by Crippen LogP contribution is -2.21. The Morgan fingerprint density at radius 1 is 1.25 bits per heavy atom. The number of carbonyl (C=O) groups is 2. The van der Waals surface area contributed by atoms with E-state index < -0.39 is 9.58 Å². The number of halogens is 3. The molecule has 0 aromatic carbocycles. The standard InChI is InChI=1S/C14H14Cl3NO2/c1-18-6-7(5-10(18)13(20)14(15,16)17)12(19)11-8-3-2-4-9(8)11/h5-6,8-9,11H,2-4H2,1H3. The Bertz CT molecular complexity index is 578. The second-order valence-electron chi connectivity index (χ2n) is 5.70. The largest absolute Gasteiger partial charge is 0.347 e. The first-order chi connectivity index (χ1) is 9.30. The summed E-state index contributed by atoms with van der Waals surface area (Å²) in [6.45, 7) is 0. The van der Waals surface area contributed by atoms with Crippen molar-refractivity contribution in [3.63, 3.8) is 0 Å². The number of carbonyl (C=O) groups excluding carboxylic acids is 2. The van der Waals surface area contributed by atoms with Gasteiger partial charge in [-0.3, -0.25) is 9.59 Å². The van der Waals surface area contributed by atoms with Crippen LogP contribution in [0.5, 0.6) is 0 Å². The quantitative estimate of drug-likeness (QED) is 0.623. The molecule has 0 radical (unpaired) electrons. The molecule has 2 saturated carbocycles. The third kappa shape index (κ3) is 2.30. The van der Waals surface area contributed by atoms with Gasteiger partial charge in [-0.1, -0.05) is 41.2 Å². The van der Waals surface area contributed by atoms with Crippen LogP contribution < -0.4 is 0 Å². The van der Waals surface area contributed by atoms with Crippen molar-refractivity contribution in [2.45, 2.75) is 23.1 Å². The molecule has 20 heavy (non-hydrogen) atoms. The van der Waals surface area contributed by atoms with Crippen LogP contribution in [0.25, 0.3) is 0 Å². The third-order valence-corrected chi connectivity index (χ3v) is 5.00. The molecule has 6 heteroatoms. The lowest BCUT2D eigenvalue weighted by atomic mass is 10.0. The summed E-state index contributed by atoms with van der Waals surface area (Å²) in [4.78, 5) is 24.4. The molecule has 2 atom stereocenters. The van der Waals surface area contributed by atoms with Crippen LogP contribution in [-0.2, 0) is 7.05 Å². The highest BCUT2D eigenvalue weighted by Gasteiger charge is 2.56. The Kier molecular flexibility index (Phi) is 3.43. The van der Waals surface area contributed by atoms with Gasteiger partial charge < -0.3 is 4.57 Å². The second kappa shape index (κ2) is 4.75. The van der Waals surface area contributed by atoms with Crippen molar-refractivity contribution < 1.29 is 9.59 Å². The third-order valence-electron chi connectivity index (χ3n) is 4.49. The van der Waals surface area contributed by atoms with E-state index in [1.807, 2.05) is 0 Å². The Morgan fingerprint density at radius 3 is 2.40 bits per heavy atom. The summed E-state index contributed by atoms with van der Waals surface area (Å²) in [6.07, 6.45) is 5.17. The van der Waals surface area contributed by atoms with Crippen LogP contribution in [0.1, 0.15) is 40.1 Å². The van der Waals surface area contributed by atoms with Crippen LogP contribution in [-0.4, -0.2) is 19.9 Å². The van der Waals surface area contributed by atoms with Gasteiger partial charge in [0.05, 0.1) is 5.69 Å². The fourth-order valence-electron chi connectivity index (χ4n) is 3.47. The van der Waals surface area contributed by atoms with Crippen molar-refractivity contribution in [1.82, 2.24) is 4.57 Å². The van der Waals surface area contributed by atoms with Gasteiger partial charge in [-0.05, 0) is 30.7 Å². The maximum Gasteiger partial charge on any atom is 0.255 e. The molecule has 0 bridgehead atoms. The summed E-state index contributed by atoms with van der Waals surface area (Å²) >= 11 is 16.8. The molecule has 0 spiro atoms. The van der Waals surface area contributed by atoms with Crippen LogP contribution in [0.15, 0.2) is 12.3 Å². The predicted molar refractivity (Wildman–Crippen MR) is 78.7 cm³/mol. The molecule has 0 N–H and O–H groups in total. The molecule has 2 unspecified atom stereocenters. The fourth-order valence-corrected chi connectivity index (χ4v) is 3.76. The highest BCUT2D eigenvalue weighted by Crippen LogP contribution is 2.58. The molecular formula is C14H14Cl3NO2. The van der Waals surface area contributed by atoms with E-state index in [-0.39, 0.29) is 17.4 Å². The summed E-state index contributed by atoms with van der Waals surface area (Å²) in [5.74, 6) is 0.755. The average Bonchev–Trinajstić information content (AvgIpc) is 2.75. The van der Waals surface area contributed by atoms with E-state index in [9.17, 15) is 9.59 Å². The lowest BCUT2D eigenvalue weighted by molar-refractivity contribution is 0.0951. The zero-order chi connectivity index (χ0) is 14.7. The van der Waals surface area contributed by atoms with E-state index in [1.54, 1.807) is 23.9 Å². The van der Waals surface area contributed by atoms with Crippen molar-refractivity contribution in [2.24, 2.45) is 24.8 Å². The molecule has 2 aliphatic rings. The van der Waals surface area contributed by atoms with Gasteiger partial charge in [0.2, 0.25) is 5.78 Å². The number of hydrogen-bond donors (Lipinski definition) is 0. The second-order valence-corrected chi connectivity index (χ2v) is 7.98. The van der Waals surface area contributed by atoms with Crippen LogP contribution in [0.4, 0.5) is 0 Å². The number of rotatable bonds is 3. The normalized spacial score (nSPS) is 28.3. The number of aryl methyl sites for hydroxylation is 1. The van der Waals surface area contributed by atoms with E-state index >= 15 is 0 Å². The zero-order valence-electron chi connectivity index (χ0n) is 10.9. The summed E-state index contributed by atoms with van der Waals surface area (Å²) < 4.78 is -0.446. The van der Waals surface area contributed by atoms with Gasteiger partial charge in [-0.2, -0.15) is 0 Å². The maximum absolute atomic E-state index is 12.4. The van der Waals surface area contributed by atoms with Crippen molar-refractivity contribution in [3.05, 3.63) is 23.5 Å². The minimum atomic E-state index is -2.00. The number of ketones is 2. The van der Waals surface area contributed by atoms with Crippen LogP contribution >= 0.6 is 34.8 Å². The smallest absolute Gasteiger partial charge is 0.255 e. The molecule has 0 amide bonds. The van der Waals surface area contributed by atoms with Gasteiger partial charge in [-0.25, -0.2) is 0 Å². The molecule has 1 aromatic rings. The number of hydrogen-bond acceptors (Lipinski definition) is 2. The SMILES string of the molecule is Cn1cc(C(=O)C2C3CCCC32)cc1C(=O)C(Cl)(Cl)Cl. The van der Waals surface area contributed by atoms with Crippen LogP contribution in [0.3, 0.4) is 0 Å². The molecule has 2 fully saturated rings. The average molecular weight is 335 g/mol. The van der Waals surface area contributed by atoms with Gasteiger partial charge in [0, 0.05) is 24.7 Å². The molecule has 2 aliphatic carbocycles. The Morgan fingerprint density at radius 2 is 1.85 bits per heavy atom. The molecule has 3 rings (SSSR count). The first kappa shape index (κ1) is 14.4. The summed E-state index contributed by atoms with van der Waals surface area (Å²) in [6, 6.07) is 1.54. The van der Waals surface area contributed by atoms with Crippen molar-refractivity contribution >= 4 is 46.4 Å². The van der Waals surface area contributed by atoms with E-state index in [4.69, 9.17) is 34.8 Å². The number of fused-ring (bicyclic) bond motifs is 1. The highest BCUT2D eigenvalue weighted by atomic mass is 35.6. The summed E-state index contributed by atoms with van der Waals surface area (Å²) in [5.41, 5.74) is 0.795. The Balaban J connectivity index is 1.82. The maximum atomic E-state index is 12.4. The number of alkyl halides is 3. The van der Waals surface area contributed by atoms with Crippen molar-refractivity contribution in [1.29, 1.82) is 0 Å². The van der Waals surface area contributed by atoms with Gasteiger partial charge in [-0.15, -0.1) is 0 Å². The van der Waals surface area contributed by atoms with Crippen molar-refractivity contribution in [2.75, 3.05) is 0 Å². The van der Waals surface area contributed by atoms with Crippen LogP contribution in [0, 0.1) is 17.8 Å². The number of Topliss-reactive ketones (excluding diaryl/α,β-unsaturated/α-hetero) is 2. The first-order valence-electron chi connectivity index (χ1n) is 6.63. The van der Waals surface area contributed by atoms with E-state index in [2.05, 4.69) is 0 Å². The summed E-state index contributed by atoms with van der Waals surface area (Å²) in [5, 5.41) is 0. The lowest BCUT2D eigenvalue weighted by Gasteiger charge is -2.09. The van der Waals surface area contributed by atoms with Crippen molar-refractivity contribution in [3.8, 4) is 0 Å². The fraction of sp³-hybridized carbons (Fsp3) is 0.571. The van der Waals surface area contributed by atoms with Crippen LogP contribution in [0.2, 0.25) is 0 Å². The minimum Gasteiger partial charge on any atom is -0.347 e. The summed E-state index contributed by atoms with van der Waals surface area (Å²) in [7, 11) is 1.67. The number of nitrogens with zero attached hydrogens (tertiary/aromatic N) is 1. The first-order valence-corrected chi connectivity index (χ1v) is 7.76. The molecular weight excluding hydrogens is 321 g/mol. The molecule has 108 valence electrons. The monoisotopic (exact) mass is 333 g/mol. The molecule has 1 aromatic heterocycles. The van der Waals surface area contributed by atoms with Gasteiger partial charge in [0.1, 0.15) is 0 Å². The predicted octanol–water partition coefficient (Wildman–Crippen LogP) is 3.81. The van der Waals surface area contributed by atoms with E-state index in [0.29, 0.717) is 17.4 Å². The van der Waals surface area contributed by atoms with Gasteiger partial charge >= 0.3 is 0 Å². The minimum absolute atomic E-state index is 0.124. The van der Waals surface area contributed by atoms with Gasteiger partial charge in [0.15, 0.2) is 5.78 Å². The molecule has 0 aliphatic heterocycles. The van der Waals surface area contributed by atoms with Gasteiger partial charge in [0.25, 0.3) is 3.79 Å². The topological polar surface area (TPSA) is 39.1 Å². The Hall–Kier alpha value is -0.510. The highest BCUT2D eigenvalue weighted by molar-refractivity contribution is 6.77. The van der Waals surface area contributed by atoms with E-state index in [0.717, 1.165) is 12.8 Å². The Labute approximate surface area is 132 Å². The zero-order valence-corrected chi connectivity index (χ0v) is 13.2.